The molecule has 0 N–H and O–H groups in total. The molecule has 0 spiro atoms. The predicted octanol–water partition coefficient (Wildman–Crippen LogP) is 3.28. The van der Waals surface area contributed by atoms with Crippen molar-refractivity contribution in [2.75, 3.05) is 6.54 Å². The van der Waals surface area contributed by atoms with Crippen LogP contribution in [0.4, 0.5) is 0 Å². The third kappa shape index (κ3) is 2.48. The van der Waals surface area contributed by atoms with E-state index in [0.717, 1.165) is 36.7 Å². The molecule has 0 unspecified atom stereocenters. The molecule has 0 saturated carbocycles. The van der Waals surface area contributed by atoms with Crippen molar-refractivity contribution in [1.82, 2.24) is 15.0 Å². The van der Waals surface area contributed by atoms with Crippen molar-refractivity contribution in [1.29, 1.82) is 0 Å². The molecule has 4 nitrogen and oxygen atoms in total. The molecule has 0 aromatic carbocycles. The van der Waals surface area contributed by atoms with Gasteiger partial charge in [0.25, 0.3) is 0 Å². The van der Waals surface area contributed by atoms with E-state index in [1.807, 2.05) is 12.3 Å². The van der Waals surface area contributed by atoms with E-state index in [-0.39, 0.29) is 0 Å². The highest BCUT2D eigenvalue weighted by molar-refractivity contribution is 5.27. The van der Waals surface area contributed by atoms with Crippen LogP contribution < -0.4 is 0 Å². The van der Waals surface area contributed by atoms with Crippen LogP contribution in [0.25, 0.3) is 0 Å². The summed E-state index contributed by atoms with van der Waals surface area (Å²) < 4.78 is 5.46. The summed E-state index contributed by atoms with van der Waals surface area (Å²) in [6.45, 7) is 6.20. The minimum Gasteiger partial charge on any atom is -0.361 e. The van der Waals surface area contributed by atoms with Crippen molar-refractivity contribution in [3.05, 3.63) is 47.1 Å². The van der Waals surface area contributed by atoms with E-state index < -0.39 is 0 Å². The van der Waals surface area contributed by atoms with E-state index in [2.05, 4.69) is 41.0 Å². The van der Waals surface area contributed by atoms with Crippen LogP contribution in [0, 0.1) is 6.92 Å². The molecule has 0 amide bonds. The first-order valence-electron chi connectivity index (χ1n) is 7.38. The van der Waals surface area contributed by atoms with Crippen LogP contribution in [-0.2, 0) is 13.0 Å². The lowest BCUT2D eigenvalue weighted by Gasteiger charge is -2.24. The van der Waals surface area contributed by atoms with E-state index in [1.54, 1.807) is 0 Å². The smallest absolute Gasteiger partial charge is 0.141 e. The van der Waals surface area contributed by atoms with Crippen LogP contribution in [0.3, 0.4) is 0 Å². The highest BCUT2D eigenvalue weighted by atomic mass is 16.5. The lowest BCUT2D eigenvalue weighted by Crippen LogP contribution is -2.24. The monoisotopic (exact) mass is 271 g/mol. The number of aromatic nitrogens is 2. The summed E-state index contributed by atoms with van der Waals surface area (Å²) in [5.74, 6) is 1.04. The number of rotatable bonds is 4. The largest absolute Gasteiger partial charge is 0.361 e. The second-order valence-corrected chi connectivity index (χ2v) is 5.41. The Morgan fingerprint density at radius 3 is 3.05 bits per heavy atom. The van der Waals surface area contributed by atoms with Gasteiger partial charge in [-0.05, 0) is 38.4 Å². The molecule has 2 aromatic rings. The van der Waals surface area contributed by atoms with E-state index >= 15 is 0 Å². The van der Waals surface area contributed by atoms with Crippen LogP contribution in [0.15, 0.2) is 28.9 Å². The number of likely N-dealkylation sites (tertiary alicyclic amines) is 1. The third-order valence-electron chi connectivity index (χ3n) is 4.09. The fourth-order valence-corrected chi connectivity index (χ4v) is 3.15. The van der Waals surface area contributed by atoms with Crippen LogP contribution in [0.1, 0.15) is 48.5 Å². The zero-order valence-electron chi connectivity index (χ0n) is 12.2. The predicted molar refractivity (Wildman–Crippen MR) is 77.2 cm³/mol. The Morgan fingerprint density at radius 2 is 2.30 bits per heavy atom. The van der Waals surface area contributed by atoms with Crippen LogP contribution >= 0.6 is 0 Å². The van der Waals surface area contributed by atoms with Gasteiger partial charge in [0.15, 0.2) is 0 Å². The molecule has 0 bridgehead atoms. The van der Waals surface area contributed by atoms with E-state index in [9.17, 15) is 0 Å². The van der Waals surface area contributed by atoms with E-state index in [1.165, 1.54) is 18.4 Å². The van der Waals surface area contributed by atoms with Crippen molar-refractivity contribution < 1.29 is 4.52 Å². The summed E-state index contributed by atoms with van der Waals surface area (Å²) in [5.41, 5.74) is 3.48. The molecule has 4 heteroatoms. The van der Waals surface area contributed by atoms with Crippen molar-refractivity contribution >= 4 is 0 Å². The van der Waals surface area contributed by atoms with Crippen LogP contribution in [0.2, 0.25) is 0 Å². The van der Waals surface area contributed by atoms with Crippen LogP contribution in [0.5, 0.6) is 0 Å². The fraction of sp³-hybridized carbons (Fsp3) is 0.500. The Morgan fingerprint density at radius 1 is 1.40 bits per heavy atom. The summed E-state index contributed by atoms with van der Waals surface area (Å²) in [7, 11) is 0. The number of nitrogens with zero attached hydrogens (tertiary/aromatic N) is 3. The van der Waals surface area contributed by atoms with Crippen molar-refractivity contribution in [2.24, 2.45) is 0 Å². The Bertz CT molecular complexity index is 564. The standard InChI is InChI=1S/C16H21N3O/c1-3-15-16(12(2)18-20-15)14-8-6-10-19(14)11-13-7-4-5-9-17-13/h4-5,7,9,14H,3,6,8,10-11H2,1-2H3/t14-/m1/s1. The molecule has 1 fully saturated rings. The molecule has 20 heavy (non-hydrogen) atoms. The van der Waals surface area contributed by atoms with Gasteiger partial charge in [-0.3, -0.25) is 9.88 Å². The molecule has 2 aromatic heterocycles. The summed E-state index contributed by atoms with van der Waals surface area (Å²) in [6, 6.07) is 6.54. The van der Waals surface area contributed by atoms with Gasteiger partial charge in [0.05, 0.1) is 11.4 Å². The highest BCUT2D eigenvalue weighted by Gasteiger charge is 2.31. The van der Waals surface area contributed by atoms with Gasteiger partial charge in [0.2, 0.25) is 0 Å². The summed E-state index contributed by atoms with van der Waals surface area (Å²) in [5, 5.41) is 4.16. The molecule has 0 aliphatic carbocycles. The molecule has 1 aliphatic heterocycles. The minimum absolute atomic E-state index is 0.429. The van der Waals surface area contributed by atoms with Gasteiger partial charge < -0.3 is 4.52 Å². The molecule has 106 valence electrons. The van der Waals surface area contributed by atoms with Gasteiger partial charge in [-0.25, -0.2) is 0 Å². The number of aryl methyl sites for hydroxylation is 2. The maximum Gasteiger partial charge on any atom is 0.141 e. The second-order valence-electron chi connectivity index (χ2n) is 5.41. The Balaban J connectivity index is 1.83. The Hall–Kier alpha value is -1.68. The van der Waals surface area contributed by atoms with E-state index in [4.69, 9.17) is 4.52 Å². The second kappa shape index (κ2) is 5.75. The normalized spacial score (nSPS) is 19.6. The first-order valence-corrected chi connectivity index (χ1v) is 7.38. The van der Waals surface area contributed by atoms with Gasteiger partial charge in [-0.1, -0.05) is 18.1 Å². The van der Waals surface area contributed by atoms with Gasteiger partial charge in [0.1, 0.15) is 5.76 Å². The van der Waals surface area contributed by atoms with Gasteiger partial charge in [-0.2, -0.15) is 0 Å². The number of pyridine rings is 1. The SMILES string of the molecule is CCc1onc(C)c1[C@H]1CCCN1Cc1ccccn1. The summed E-state index contributed by atoms with van der Waals surface area (Å²) in [4.78, 5) is 6.94. The first kappa shape index (κ1) is 13.3. The van der Waals surface area contributed by atoms with Crippen molar-refractivity contribution in [2.45, 2.75) is 45.7 Å². The molecule has 3 heterocycles. The molecular weight excluding hydrogens is 250 g/mol. The minimum atomic E-state index is 0.429. The lowest BCUT2D eigenvalue weighted by atomic mass is 10.0. The molecule has 0 radical (unpaired) electrons. The topological polar surface area (TPSA) is 42.2 Å². The highest BCUT2D eigenvalue weighted by Crippen LogP contribution is 2.36. The van der Waals surface area contributed by atoms with Gasteiger partial charge >= 0.3 is 0 Å². The quantitative estimate of drug-likeness (QED) is 0.856. The molecule has 1 aliphatic rings. The summed E-state index contributed by atoms with van der Waals surface area (Å²) >= 11 is 0. The van der Waals surface area contributed by atoms with Crippen molar-refractivity contribution in [3.63, 3.8) is 0 Å². The number of hydrogen-bond acceptors (Lipinski definition) is 4. The summed E-state index contributed by atoms with van der Waals surface area (Å²) in [6.07, 6.45) is 5.18. The average Bonchev–Trinajstić information content (AvgIpc) is 3.06. The molecule has 1 saturated heterocycles. The lowest BCUT2D eigenvalue weighted by molar-refractivity contribution is 0.242. The third-order valence-corrected chi connectivity index (χ3v) is 4.09. The maximum absolute atomic E-state index is 5.46. The maximum atomic E-state index is 5.46. The molecule has 1 atom stereocenters. The van der Waals surface area contributed by atoms with Crippen LogP contribution in [-0.4, -0.2) is 21.6 Å². The van der Waals surface area contributed by atoms with Gasteiger partial charge in [0, 0.05) is 30.8 Å². The molecular formula is C16H21N3O. The first-order chi connectivity index (χ1) is 9.79. The zero-order chi connectivity index (χ0) is 13.9. The van der Waals surface area contributed by atoms with Crippen molar-refractivity contribution in [3.8, 4) is 0 Å². The fourth-order valence-electron chi connectivity index (χ4n) is 3.15. The average molecular weight is 271 g/mol. The Kier molecular flexibility index (Phi) is 3.83. The zero-order valence-corrected chi connectivity index (χ0v) is 12.2. The van der Waals surface area contributed by atoms with Gasteiger partial charge in [-0.15, -0.1) is 0 Å². The Labute approximate surface area is 119 Å². The molecule has 3 rings (SSSR count). The number of hydrogen-bond donors (Lipinski definition) is 0. The van der Waals surface area contributed by atoms with E-state index in [0.29, 0.717) is 6.04 Å².